The van der Waals surface area contributed by atoms with Gasteiger partial charge in [0.05, 0.1) is 25.9 Å². The van der Waals surface area contributed by atoms with Crippen LogP contribution < -0.4 is 14.4 Å². The van der Waals surface area contributed by atoms with Gasteiger partial charge in [0.1, 0.15) is 0 Å². The zero-order chi connectivity index (χ0) is 21.5. The highest BCUT2D eigenvalue weighted by molar-refractivity contribution is 6.07. The number of rotatable bonds is 8. The number of anilines is 1. The molecule has 0 radical (unpaired) electrons. The first-order valence-electron chi connectivity index (χ1n) is 11.3. The van der Waals surface area contributed by atoms with Crippen LogP contribution in [0.2, 0.25) is 0 Å². The number of benzene rings is 2. The molecule has 31 heavy (non-hydrogen) atoms. The summed E-state index contributed by atoms with van der Waals surface area (Å²) in [5.74, 6) is 1.51. The van der Waals surface area contributed by atoms with Gasteiger partial charge in [-0.1, -0.05) is 12.1 Å². The topological polar surface area (TPSA) is 48.0 Å². The second kappa shape index (κ2) is 10.5. The molecule has 2 aromatic carbocycles. The third-order valence-corrected chi connectivity index (χ3v) is 5.82. The van der Waals surface area contributed by atoms with Crippen molar-refractivity contribution in [2.75, 3.05) is 37.8 Å². The molecule has 1 saturated heterocycles. The van der Waals surface area contributed by atoms with Gasteiger partial charge in [-0.2, -0.15) is 0 Å². The van der Waals surface area contributed by atoms with Crippen LogP contribution in [0.5, 0.6) is 11.5 Å². The average Bonchev–Trinajstić information content (AvgIpc) is 3.33. The molecule has 0 aromatic heterocycles. The fraction of sp³-hybridized carbons (Fsp3) is 0.423. The molecular weight excluding hydrogens is 390 g/mol. The fourth-order valence-electron chi connectivity index (χ4n) is 4.11. The van der Waals surface area contributed by atoms with E-state index in [0.29, 0.717) is 12.2 Å². The second-order valence-electron chi connectivity index (χ2n) is 8.01. The molecule has 0 atom stereocenters. The van der Waals surface area contributed by atoms with Crippen molar-refractivity contribution in [3.63, 3.8) is 0 Å². The summed E-state index contributed by atoms with van der Waals surface area (Å²) in [4.78, 5) is 14.9. The zero-order valence-electron chi connectivity index (χ0n) is 18.2. The number of hydrogen-bond donors (Lipinski definition) is 0. The number of hydrogen-bond acceptors (Lipinski definition) is 5. The predicted molar refractivity (Wildman–Crippen MR) is 123 cm³/mol. The van der Waals surface area contributed by atoms with Crippen molar-refractivity contribution in [2.24, 2.45) is 0 Å². The molecule has 0 bridgehead atoms. The molecule has 1 heterocycles. The maximum Gasteiger partial charge on any atom is 0.185 e. The van der Waals surface area contributed by atoms with Gasteiger partial charge < -0.3 is 19.1 Å². The average molecular weight is 422 g/mol. The molecule has 0 spiro atoms. The first-order chi connectivity index (χ1) is 15.2. The van der Waals surface area contributed by atoms with Gasteiger partial charge in [-0.05, 0) is 80.6 Å². The summed E-state index contributed by atoms with van der Waals surface area (Å²) in [7, 11) is 0. The Bertz CT molecular complexity index is 894. The van der Waals surface area contributed by atoms with Crippen LogP contribution in [0.15, 0.2) is 48.5 Å². The minimum atomic E-state index is -0.0160. The van der Waals surface area contributed by atoms with Gasteiger partial charge in [0.2, 0.25) is 0 Å². The summed E-state index contributed by atoms with van der Waals surface area (Å²) in [5, 5.41) is 0. The Morgan fingerprint density at radius 3 is 2.52 bits per heavy atom. The van der Waals surface area contributed by atoms with E-state index in [1.807, 2.05) is 55.5 Å². The second-order valence-corrected chi connectivity index (χ2v) is 8.01. The van der Waals surface area contributed by atoms with Gasteiger partial charge in [0, 0.05) is 24.3 Å². The number of carbonyl (C=O) groups is 1. The van der Waals surface area contributed by atoms with Crippen LogP contribution in [-0.2, 0) is 4.74 Å². The standard InChI is InChI=1S/C26H31NO4/c1-2-30-26-19-20(8-14-25(26)31-23-5-3-4-6-23)7-13-24(28)21-9-11-22(12-10-21)27-15-17-29-18-16-27/h7-14,19,23H,2-6,15-18H2,1H3/b13-7+. The fourth-order valence-corrected chi connectivity index (χ4v) is 4.11. The van der Waals surface area contributed by atoms with Gasteiger partial charge in [-0.15, -0.1) is 0 Å². The maximum atomic E-state index is 12.6. The van der Waals surface area contributed by atoms with Crippen molar-refractivity contribution in [1.29, 1.82) is 0 Å². The summed E-state index contributed by atoms with van der Waals surface area (Å²) in [6.07, 6.45) is 8.39. The van der Waals surface area contributed by atoms with E-state index in [2.05, 4.69) is 4.90 Å². The molecular formula is C26H31NO4. The van der Waals surface area contributed by atoms with Crippen LogP contribution in [0, 0.1) is 0 Å². The van der Waals surface area contributed by atoms with Crippen molar-refractivity contribution in [1.82, 2.24) is 0 Å². The van der Waals surface area contributed by atoms with Crippen molar-refractivity contribution in [3.05, 3.63) is 59.7 Å². The predicted octanol–water partition coefficient (Wildman–Crippen LogP) is 5.14. The smallest absolute Gasteiger partial charge is 0.185 e. The highest BCUT2D eigenvalue weighted by Crippen LogP contribution is 2.33. The molecule has 0 unspecified atom stereocenters. The van der Waals surface area contributed by atoms with Gasteiger partial charge in [-0.3, -0.25) is 4.79 Å². The number of ether oxygens (including phenoxy) is 3. The lowest BCUT2D eigenvalue weighted by atomic mass is 10.1. The first kappa shape index (κ1) is 21.4. The molecule has 0 N–H and O–H groups in total. The lowest BCUT2D eigenvalue weighted by Gasteiger charge is -2.28. The van der Waals surface area contributed by atoms with Crippen LogP contribution in [0.4, 0.5) is 5.69 Å². The SMILES string of the molecule is CCOc1cc(/C=C/C(=O)c2ccc(N3CCOCC3)cc2)ccc1OC1CCCC1. The van der Waals surface area contributed by atoms with E-state index in [0.717, 1.165) is 61.9 Å². The maximum absolute atomic E-state index is 12.6. The molecule has 5 nitrogen and oxygen atoms in total. The van der Waals surface area contributed by atoms with E-state index in [1.165, 1.54) is 12.8 Å². The Kier molecular flexibility index (Phi) is 7.26. The van der Waals surface area contributed by atoms with E-state index in [1.54, 1.807) is 6.08 Å². The van der Waals surface area contributed by atoms with Crippen LogP contribution in [0.3, 0.4) is 0 Å². The lowest BCUT2D eigenvalue weighted by molar-refractivity contribution is 0.104. The van der Waals surface area contributed by atoms with E-state index >= 15 is 0 Å². The van der Waals surface area contributed by atoms with Crippen molar-refractivity contribution >= 4 is 17.5 Å². The molecule has 0 amide bonds. The van der Waals surface area contributed by atoms with Gasteiger partial charge in [0.25, 0.3) is 0 Å². The lowest BCUT2D eigenvalue weighted by Crippen LogP contribution is -2.36. The Labute approximate surface area is 184 Å². The number of allylic oxidation sites excluding steroid dienone is 1. The normalized spacial score (nSPS) is 17.3. The van der Waals surface area contributed by atoms with E-state index in [-0.39, 0.29) is 11.9 Å². The minimum Gasteiger partial charge on any atom is -0.490 e. The zero-order valence-corrected chi connectivity index (χ0v) is 18.2. The van der Waals surface area contributed by atoms with E-state index in [4.69, 9.17) is 14.2 Å². The summed E-state index contributed by atoms with van der Waals surface area (Å²) in [6.45, 7) is 5.80. The molecule has 2 aromatic rings. The summed E-state index contributed by atoms with van der Waals surface area (Å²) < 4.78 is 17.3. The van der Waals surface area contributed by atoms with Gasteiger partial charge >= 0.3 is 0 Å². The van der Waals surface area contributed by atoms with Crippen LogP contribution >= 0.6 is 0 Å². The molecule has 1 saturated carbocycles. The Balaban J connectivity index is 1.41. The monoisotopic (exact) mass is 421 g/mol. The largest absolute Gasteiger partial charge is 0.490 e. The highest BCUT2D eigenvalue weighted by atomic mass is 16.5. The van der Waals surface area contributed by atoms with Crippen molar-refractivity contribution < 1.29 is 19.0 Å². The minimum absolute atomic E-state index is 0.0160. The van der Waals surface area contributed by atoms with E-state index in [9.17, 15) is 4.79 Å². The number of ketones is 1. The van der Waals surface area contributed by atoms with Crippen molar-refractivity contribution in [2.45, 2.75) is 38.7 Å². The highest BCUT2D eigenvalue weighted by Gasteiger charge is 2.18. The van der Waals surface area contributed by atoms with Crippen LogP contribution in [0.25, 0.3) is 6.08 Å². The molecule has 5 heteroatoms. The molecule has 164 valence electrons. The molecule has 2 aliphatic rings. The number of nitrogens with zero attached hydrogens (tertiary/aromatic N) is 1. The quantitative estimate of drug-likeness (QED) is 0.436. The molecule has 2 fully saturated rings. The van der Waals surface area contributed by atoms with Gasteiger partial charge in [0.15, 0.2) is 17.3 Å². The van der Waals surface area contributed by atoms with Gasteiger partial charge in [-0.25, -0.2) is 0 Å². The first-order valence-corrected chi connectivity index (χ1v) is 11.3. The van der Waals surface area contributed by atoms with Crippen molar-refractivity contribution in [3.8, 4) is 11.5 Å². The Hall–Kier alpha value is -2.79. The summed E-state index contributed by atoms with van der Waals surface area (Å²) >= 11 is 0. The summed E-state index contributed by atoms with van der Waals surface area (Å²) in [5.41, 5.74) is 2.73. The summed E-state index contributed by atoms with van der Waals surface area (Å²) in [6, 6.07) is 13.7. The van der Waals surface area contributed by atoms with Crippen LogP contribution in [0.1, 0.15) is 48.5 Å². The molecule has 1 aliphatic heterocycles. The number of carbonyl (C=O) groups excluding carboxylic acids is 1. The molecule has 1 aliphatic carbocycles. The van der Waals surface area contributed by atoms with Crippen LogP contribution in [-0.4, -0.2) is 44.8 Å². The van der Waals surface area contributed by atoms with E-state index < -0.39 is 0 Å². The third-order valence-electron chi connectivity index (χ3n) is 5.82. The Morgan fingerprint density at radius 1 is 1.06 bits per heavy atom. The molecule has 4 rings (SSSR count). The Morgan fingerprint density at radius 2 is 1.81 bits per heavy atom. The number of morpholine rings is 1. The third kappa shape index (κ3) is 5.67.